The Morgan fingerprint density at radius 2 is 1.29 bits per heavy atom. The van der Waals surface area contributed by atoms with Gasteiger partial charge in [-0.25, -0.2) is 0 Å². The first-order valence-electron chi connectivity index (χ1n) is 13.8. The molecule has 7 aliphatic rings. The maximum absolute atomic E-state index is 12.7. The average molecular weight is 483 g/mol. The summed E-state index contributed by atoms with van der Waals surface area (Å²) in [4.78, 5) is 34.4. The molecule has 1 saturated carbocycles. The molecular formula is C29H46N4O2. The fourth-order valence-electron chi connectivity index (χ4n) is 6.57. The summed E-state index contributed by atoms with van der Waals surface area (Å²) >= 11 is 0. The highest BCUT2D eigenvalue weighted by molar-refractivity contribution is 5.77. The number of rotatable bonds is 1. The third-order valence-electron chi connectivity index (χ3n) is 9.22. The van der Waals surface area contributed by atoms with Gasteiger partial charge in [-0.05, 0) is 49.4 Å². The van der Waals surface area contributed by atoms with Crippen LogP contribution in [0.2, 0.25) is 0 Å². The van der Waals surface area contributed by atoms with Crippen molar-refractivity contribution in [1.29, 1.82) is 0 Å². The summed E-state index contributed by atoms with van der Waals surface area (Å²) < 4.78 is 0. The molecule has 6 heteroatoms. The van der Waals surface area contributed by atoms with Crippen molar-refractivity contribution in [2.75, 3.05) is 65.4 Å². The molecule has 0 aromatic heterocycles. The van der Waals surface area contributed by atoms with Crippen molar-refractivity contribution in [3.8, 4) is 0 Å². The Hall–Kier alpha value is -1.92. The molecule has 7 rings (SSSR count). The Balaban J connectivity index is 1.47. The van der Waals surface area contributed by atoms with E-state index in [4.69, 9.17) is 0 Å². The van der Waals surface area contributed by atoms with Gasteiger partial charge in [0.15, 0.2) is 0 Å². The Bertz CT molecular complexity index is 823. The number of piperazine rings is 2. The predicted octanol–water partition coefficient (Wildman–Crippen LogP) is 3.57. The van der Waals surface area contributed by atoms with Gasteiger partial charge in [0, 0.05) is 78.3 Å². The molecule has 0 aromatic rings. The summed E-state index contributed by atoms with van der Waals surface area (Å²) in [7, 11) is 0. The highest BCUT2D eigenvalue weighted by Gasteiger charge is 2.40. The molecular weight excluding hydrogens is 436 g/mol. The van der Waals surface area contributed by atoms with Crippen LogP contribution in [0.15, 0.2) is 37.0 Å². The topological polar surface area (TPSA) is 47.1 Å². The van der Waals surface area contributed by atoms with E-state index in [0.29, 0.717) is 24.7 Å². The van der Waals surface area contributed by atoms with E-state index >= 15 is 0 Å². The van der Waals surface area contributed by atoms with Gasteiger partial charge in [0.2, 0.25) is 11.8 Å². The second-order valence-electron chi connectivity index (χ2n) is 11.6. The van der Waals surface area contributed by atoms with E-state index in [1.54, 1.807) is 0 Å². The lowest BCUT2D eigenvalue weighted by atomic mass is 9.61. The van der Waals surface area contributed by atoms with Crippen LogP contribution in [0.4, 0.5) is 0 Å². The molecule has 0 unspecified atom stereocenters. The van der Waals surface area contributed by atoms with Crippen LogP contribution in [0.25, 0.3) is 0 Å². The largest absolute Gasteiger partial charge is 0.340 e. The van der Waals surface area contributed by atoms with E-state index in [-0.39, 0.29) is 17.2 Å². The van der Waals surface area contributed by atoms with Crippen LogP contribution < -0.4 is 0 Å². The summed E-state index contributed by atoms with van der Waals surface area (Å²) in [5, 5.41) is 0. The first-order valence-corrected chi connectivity index (χ1v) is 13.8. The fraction of sp³-hybridized carbons (Fsp3) is 0.724. The Labute approximate surface area is 212 Å². The van der Waals surface area contributed by atoms with E-state index < -0.39 is 0 Å². The first kappa shape index (κ1) is 26.2. The number of nitrogens with zero attached hydrogens (tertiary/aromatic N) is 4. The summed E-state index contributed by atoms with van der Waals surface area (Å²) in [6, 6.07) is 0. The monoisotopic (exact) mass is 482 g/mol. The van der Waals surface area contributed by atoms with Gasteiger partial charge in [-0.15, -0.1) is 6.58 Å². The third-order valence-corrected chi connectivity index (χ3v) is 9.22. The van der Waals surface area contributed by atoms with E-state index in [0.717, 1.165) is 97.6 Å². The molecule has 0 aromatic carbocycles. The molecule has 194 valence electrons. The van der Waals surface area contributed by atoms with Crippen molar-refractivity contribution in [3.63, 3.8) is 0 Å². The Morgan fingerprint density at radius 1 is 0.800 bits per heavy atom. The zero-order valence-corrected chi connectivity index (χ0v) is 22.0. The molecule has 6 aliphatic heterocycles. The van der Waals surface area contributed by atoms with Gasteiger partial charge in [0.05, 0.1) is 0 Å². The van der Waals surface area contributed by atoms with Crippen LogP contribution in [0.5, 0.6) is 0 Å². The number of allylic oxidation sites excluding steroid dienone is 1. The highest BCUT2D eigenvalue weighted by atomic mass is 16.2. The maximum atomic E-state index is 12.7. The zero-order valence-electron chi connectivity index (χ0n) is 22.0. The quantitative estimate of drug-likeness (QED) is 0.536. The third kappa shape index (κ3) is 6.26. The molecule has 1 aliphatic carbocycles. The van der Waals surface area contributed by atoms with Gasteiger partial charge in [-0.1, -0.05) is 37.3 Å². The lowest BCUT2D eigenvalue weighted by Crippen LogP contribution is -2.50. The minimum Gasteiger partial charge on any atom is -0.340 e. The van der Waals surface area contributed by atoms with Gasteiger partial charge in [-0.3, -0.25) is 19.4 Å². The minimum absolute atomic E-state index is 0.0763. The average Bonchev–Trinajstić information content (AvgIpc) is 2.86. The molecule has 6 bridgehead atoms. The summed E-state index contributed by atoms with van der Waals surface area (Å²) in [6.07, 6.45) is 8.24. The lowest BCUT2D eigenvalue weighted by Gasteiger charge is -2.46. The normalized spacial score (nSPS) is 36.3. The van der Waals surface area contributed by atoms with Crippen molar-refractivity contribution in [2.24, 2.45) is 17.3 Å². The molecule has 3 atom stereocenters. The van der Waals surface area contributed by atoms with Crippen molar-refractivity contribution < 1.29 is 9.59 Å². The zero-order chi connectivity index (χ0) is 25.0. The summed E-state index contributed by atoms with van der Waals surface area (Å²) in [6.45, 7) is 24.4. The van der Waals surface area contributed by atoms with Crippen LogP contribution in [-0.4, -0.2) is 96.9 Å². The first-order chi connectivity index (χ1) is 16.8. The maximum Gasteiger partial charge on any atom is 0.222 e. The van der Waals surface area contributed by atoms with E-state index in [1.807, 2.05) is 9.80 Å². The van der Waals surface area contributed by atoms with Gasteiger partial charge in [0.1, 0.15) is 0 Å². The summed E-state index contributed by atoms with van der Waals surface area (Å²) in [5.41, 5.74) is 2.72. The Morgan fingerprint density at radius 3 is 1.77 bits per heavy atom. The number of hydrogen-bond acceptors (Lipinski definition) is 4. The molecule has 35 heavy (non-hydrogen) atoms. The summed E-state index contributed by atoms with van der Waals surface area (Å²) in [5.74, 6) is 1.39. The molecule has 0 radical (unpaired) electrons. The minimum atomic E-state index is 0.0763. The fourth-order valence-corrected chi connectivity index (χ4v) is 6.57. The Kier molecular flexibility index (Phi) is 8.54. The van der Waals surface area contributed by atoms with Gasteiger partial charge in [-0.2, -0.15) is 0 Å². The van der Waals surface area contributed by atoms with E-state index in [1.165, 1.54) is 11.1 Å². The van der Waals surface area contributed by atoms with Crippen LogP contribution in [0.1, 0.15) is 51.9 Å². The van der Waals surface area contributed by atoms with E-state index in [2.05, 4.69) is 42.5 Å². The molecule has 6 heterocycles. The standard InChI is InChI=1S/C29H46N4O2/c1-5-29(4)11-10-25-20-26(29)24(3)22-31-14-18-33(19-15-31)28(35)9-7-6-8-27(34)32-16-12-30(13-17-32)21-23(25)2/h5,25-26H,1-3,6-22H2,4H3/t25-,26+,29-/m1/s1. The van der Waals surface area contributed by atoms with Crippen LogP contribution in [0, 0.1) is 17.3 Å². The molecule has 6 nitrogen and oxygen atoms in total. The molecule has 7 fully saturated rings. The number of hydrogen-bond donors (Lipinski definition) is 0. The highest BCUT2D eigenvalue weighted by Crippen LogP contribution is 2.49. The van der Waals surface area contributed by atoms with Gasteiger partial charge < -0.3 is 9.80 Å². The van der Waals surface area contributed by atoms with Crippen molar-refractivity contribution in [3.05, 3.63) is 37.0 Å². The van der Waals surface area contributed by atoms with Gasteiger partial charge in [0.25, 0.3) is 0 Å². The van der Waals surface area contributed by atoms with Crippen LogP contribution >= 0.6 is 0 Å². The van der Waals surface area contributed by atoms with Crippen LogP contribution in [0.3, 0.4) is 0 Å². The van der Waals surface area contributed by atoms with Crippen molar-refractivity contribution in [1.82, 2.24) is 19.6 Å². The molecule has 0 N–H and O–H groups in total. The molecule has 6 saturated heterocycles. The second-order valence-corrected chi connectivity index (χ2v) is 11.6. The smallest absolute Gasteiger partial charge is 0.222 e. The number of amides is 2. The predicted molar refractivity (Wildman–Crippen MR) is 142 cm³/mol. The molecule has 0 spiro atoms. The lowest BCUT2D eigenvalue weighted by molar-refractivity contribution is -0.134. The van der Waals surface area contributed by atoms with Crippen molar-refractivity contribution >= 4 is 11.8 Å². The van der Waals surface area contributed by atoms with Crippen LogP contribution in [-0.2, 0) is 9.59 Å². The van der Waals surface area contributed by atoms with Gasteiger partial charge >= 0.3 is 0 Å². The van der Waals surface area contributed by atoms with E-state index in [9.17, 15) is 9.59 Å². The molecule has 2 amide bonds. The second kappa shape index (κ2) is 11.4. The van der Waals surface area contributed by atoms with Crippen molar-refractivity contribution in [2.45, 2.75) is 51.9 Å². The SMILES string of the molecule is C=C[C@]1(C)CC[C@@H]2C[C@H]1C(=C)CN1CCN(CC1)C(=O)CCCCC(=O)N1CCN(CC1)CC2=C. The number of carbonyl (C=O) groups excluding carboxylic acids is 2. The number of carbonyl (C=O) groups is 2.